The Bertz CT molecular complexity index is 619. The zero-order valence-corrected chi connectivity index (χ0v) is 16.9. The maximum absolute atomic E-state index is 13.0. The molecule has 2 rings (SSSR count). The first-order valence-corrected chi connectivity index (χ1v) is 9.70. The minimum absolute atomic E-state index is 0.0276. The first-order chi connectivity index (χ1) is 12.5. The maximum Gasteiger partial charge on any atom is 0.246 e. The Labute approximate surface area is 160 Å². The zero-order chi connectivity index (χ0) is 20.5. The number of hydrogen-bond donors (Lipinski definition) is 2. The van der Waals surface area contributed by atoms with Crippen molar-refractivity contribution in [3.63, 3.8) is 0 Å². The second-order valence-corrected chi connectivity index (χ2v) is 8.42. The van der Waals surface area contributed by atoms with Crippen LogP contribution in [0.5, 0.6) is 0 Å². The van der Waals surface area contributed by atoms with Gasteiger partial charge in [-0.15, -0.1) is 0 Å². The Morgan fingerprint density at radius 1 is 1.15 bits per heavy atom. The van der Waals surface area contributed by atoms with E-state index in [-0.39, 0.29) is 47.9 Å². The van der Waals surface area contributed by atoms with E-state index < -0.39 is 18.1 Å². The average Bonchev–Trinajstić information content (AvgIpc) is 3.12. The summed E-state index contributed by atoms with van der Waals surface area (Å²) in [6.45, 7) is 9.45. The molecule has 4 unspecified atom stereocenters. The fraction of sp³-hybridized carbons (Fsp3) is 0.789. The molecule has 2 heterocycles. The van der Waals surface area contributed by atoms with Gasteiger partial charge in [-0.1, -0.05) is 27.7 Å². The van der Waals surface area contributed by atoms with E-state index in [1.807, 2.05) is 27.7 Å². The SMILES string of the molecule is CC(=O)NC(C(=O)N1CC(=O)C2C1CCN2C(=O)C(N)CC(C)C)C(C)C. The fourth-order valence-electron chi connectivity index (χ4n) is 4.09. The number of rotatable bonds is 6. The first-order valence-electron chi connectivity index (χ1n) is 9.70. The number of fused-ring (bicyclic) bond motifs is 1. The van der Waals surface area contributed by atoms with Gasteiger partial charge in [0.1, 0.15) is 12.1 Å². The van der Waals surface area contributed by atoms with Crippen molar-refractivity contribution in [2.45, 2.75) is 71.6 Å². The van der Waals surface area contributed by atoms with E-state index in [9.17, 15) is 19.2 Å². The highest BCUT2D eigenvalue weighted by Gasteiger charge is 2.52. The van der Waals surface area contributed by atoms with Crippen LogP contribution in [0.15, 0.2) is 0 Å². The first kappa shape index (κ1) is 21.3. The minimum atomic E-state index is -0.679. The molecule has 0 spiro atoms. The van der Waals surface area contributed by atoms with Crippen LogP contribution in [0.4, 0.5) is 0 Å². The second kappa shape index (κ2) is 8.37. The summed E-state index contributed by atoms with van der Waals surface area (Å²) in [6.07, 6.45) is 1.11. The zero-order valence-electron chi connectivity index (χ0n) is 16.9. The number of nitrogens with zero attached hydrogens (tertiary/aromatic N) is 2. The third-order valence-electron chi connectivity index (χ3n) is 5.32. The topological polar surface area (TPSA) is 113 Å². The third kappa shape index (κ3) is 4.48. The van der Waals surface area contributed by atoms with Crippen molar-refractivity contribution in [1.29, 1.82) is 0 Å². The molecule has 3 amide bonds. The molecule has 2 saturated heterocycles. The molecular formula is C19H32N4O4. The monoisotopic (exact) mass is 380 g/mol. The predicted molar refractivity (Wildman–Crippen MR) is 100 cm³/mol. The lowest BCUT2D eigenvalue weighted by Gasteiger charge is -2.30. The summed E-state index contributed by atoms with van der Waals surface area (Å²) >= 11 is 0. The standard InChI is InChI=1S/C19H32N4O4/c1-10(2)8-13(20)18(26)22-7-6-14-17(22)15(25)9-23(14)19(27)16(11(3)4)21-12(5)24/h10-11,13-14,16-17H,6-9,20H2,1-5H3,(H,21,24). The van der Waals surface area contributed by atoms with E-state index in [4.69, 9.17) is 5.73 Å². The summed E-state index contributed by atoms with van der Waals surface area (Å²) in [5.74, 6) is -0.727. The van der Waals surface area contributed by atoms with Gasteiger partial charge in [-0.05, 0) is 24.7 Å². The molecule has 0 aromatic heterocycles. The van der Waals surface area contributed by atoms with Crippen molar-refractivity contribution < 1.29 is 19.2 Å². The molecular weight excluding hydrogens is 348 g/mol. The van der Waals surface area contributed by atoms with Gasteiger partial charge in [0, 0.05) is 13.5 Å². The van der Waals surface area contributed by atoms with Crippen molar-refractivity contribution in [2.75, 3.05) is 13.1 Å². The van der Waals surface area contributed by atoms with Crippen molar-refractivity contribution in [2.24, 2.45) is 17.6 Å². The molecule has 27 heavy (non-hydrogen) atoms. The maximum atomic E-state index is 13.0. The molecule has 0 radical (unpaired) electrons. The highest BCUT2D eigenvalue weighted by Crippen LogP contribution is 2.31. The highest BCUT2D eigenvalue weighted by atomic mass is 16.2. The van der Waals surface area contributed by atoms with Gasteiger partial charge in [-0.3, -0.25) is 19.2 Å². The molecule has 0 aromatic carbocycles. The summed E-state index contributed by atoms with van der Waals surface area (Å²) in [6, 6.07) is -2.27. The van der Waals surface area contributed by atoms with Crippen LogP contribution in [0.2, 0.25) is 0 Å². The van der Waals surface area contributed by atoms with Crippen LogP contribution in [-0.4, -0.2) is 70.6 Å². The van der Waals surface area contributed by atoms with Crippen LogP contribution in [0, 0.1) is 11.8 Å². The van der Waals surface area contributed by atoms with Crippen LogP contribution >= 0.6 is 0 Å². The largest absolute Gasteiger partial charge is 0.344 e. The fourth-order valence-corrected chi connectivity index (χ4v) is 4.09. The average molecular weight is 380 g/mol. The number of Topliss-reactive ketones (excluding diaryl/α,β-unsaturated/α-hetero) is 1. The van der Waals surface area contributed by atoms with Gasteiger partial charge in [-0.25, -0.2) is 0 Å². The van der Waals surface area contributed by atoms with Crippen LogP contribution in [0.3, 0.4) is 0 Å². The summed E-state index contributed by atoms with van der Waals surface area (Å²) < 4.78 is 0. The molecule has 152 valence electrons. The number of nitrogens with one attached hydrogen (secondary N) is 1. The van der Waals surface area contributed by atoms with Gasteiger partial charge in [0.05, 0.1) is 18.6 Å². The number of amides is 3. The highest BCUT2D eigenvalue weighted by molar-refractivity contribution is 5.99. The normalized spacial score (nSPS) is 24.4. The number of likely N-dealkylation sites (tertiary alicyclic amines) is 2. The number of ketones is 1. The molecule has 2 aliphatic heterocycles. The predicted octanol–water partition coefficient (Wildman–Crippen LogP) is -0.0987. The molecule has 0 bridgehead atoms. The van der Waals surface area contributed by atoms with E-state index >= 15 is 0 Å². The number of nitrogens with two attached hydrogens (primary N) is 1. The quantitative estimate of drug-likeness (QED) is 0.668. The van der Waals surface area contributed by atoms with Gasteiger partial charge in [0.25, 0.3) is 0 Å². The molecule has 3 N–H and O–H groups in total. The van der Waals surface area contributed by atoms with Gasteiger partial charge in [0.2, 0.25) is 17.7 Å². The van der Waals surface area contributed by atoms with Gasteiger partial charge >= 0.3 is 0 Å². The van der Waals surface area contributed by atoms with Gasteiger partial charge < -0.3 is 20.9 Å². The third-order valence-corrected chi connectivity index (χ3v) is 5.32. The smallest absolute Gasteiger partial charge is 0.246 e. The molecule has 8 heteroatoms. The van der Waals surface area contributed by atoms with E-state index in [1.165, 1.54) is 11.8 Å². The number of carbonyl (C=O) groups excluding carboxylic acids is 4. The number of hydrogen-bond acceptors (Lipinski definition) is 5. The van der Waals surface area contributed by atoms with E-state index in [0.717, 1.165) is 0 Å². The number of carbonyl (C=O) groups is 4. The second-order valence-electron chi connectivity index (χ2n) is 8.42. The Balaban J connectivity index is 2.15. The Hall–Kier alpha value is -1.96. The lowest BCUT2D eigenvalue weighted by molar-refractivity contribution is -0.138. The Morgan fingerprint density at radius 3 is 2.30 bits per heavy atom. The van der Waals surface area contributed by atoms with Crippen molar-refractivity contribution >= 4 is 23.5 Å². The van der Waals surface area contributed by atoms with Crippen LogP contribution in [0.1, 0.15) is 47.5 Å². The van der Waals surface area contributed by atoms with Crippen LogP contribution in [-0.2, 0) is 19.2 Å². The van der Waals surface area contributed by atoms with Crippen LogP contribution in [0.25, 0.3) is 0 Å². The summed E-state index contributed by atoms with van der Waals surface area (Å²) in [4.78, 5) is 52.9. The summed E-state index contributed by atoms with van der Waals surface area (Å²) in [7, 11) is 0. The van der Waals surface area contributed by atoms with Crippen molar-refractivity contribution in [3.05, 3.63) is 0 Å². The molecule has 0 aliphatic carbocycles. The van der Waals surface area contributed by atoms with Gasteiger partial charge in [0.15, 0.2) is 5.78 Å². The summed E-state index contributed by atoms with van der Waals surface area (Å²) in [5, 5.41) is 2.68. The minimum Gasteiger partial charge on any atom is -0.344 e. The molecule has 0 saturated carbocycles. The van der Waals surface area contributed by atoms with E-state index in [1.54, 1.807) is 4.90 Å². The molecule has 2 aliphatic rings. The van der Waals surface area contributed by atoms with E-state index in [2.05, 4.69) is 5.32 Å². The lowest BCUT2D eigenvalue weighted by Crippen LogP contribution is -2.53. The molecule has 8 nitrogen and oxygen atoms in total. The summed E-state index contributed by atoms with van der Waals surface area (Å²) in [5.41, 5.74) is 6.03. The molecule has 2 fully saturated rings. The molecule has 4 atom stereocenters. The van der Waals surface area contributed by atoms with Crippen molar-refractivity contribution in [1.82, 2.24) is 15.1 Å². The van der Waals surface area contributed by atoms with Crippen molar-refractivity contribution in [3.8, 4) is 0 Å². The van der Waals surface area contributed by atoms with E-state index in [0.29, 0.717) is 19.4 Å². The van der Waals surface area contributed by atoms with Gasteiger partial charge in [-0.2, -0.15) is 0 Å². The van der Waals surface area contributed by atoms with Crippen LogP contribution < -0.4 is 11.1 Å². The molecule has 0 aromatic rings. The Morgan fingerprint density at radius 2 is 1.78 bits per heavy atom. The lowest BCUT2D eigenvalue weighted by atomic mass is 10.0. The Kier molecular flexibility index (Phi) is 6.62.